The number of hydrogen-bond donors (Lipinski definition) is 0. The van der Waals surface area contributed by atoms with E-state index in [-0.39, 0.29) is 11.3 Å². The molecule has 0 spiro atoms. The molecule has 3 aromatic rings. The Bertz CT molecular complexity index is 1090. The van der Waals surface area contributed by atoms with Gasteiger partial charge in [0.2, 0.25) is 0 Å². The van der Waals surface area contributed by atoms with Gasteiger partial charge in [0.15, 0.2) is 10.6 Å². The van der Waals surface area contributed by atoms with Crippen LogP contribution in [-0.2, 0) is 6.67 Å². The SMILES string of the molecule is CC(=O)c1ccc(N2CN=c3sc(=Cc4cccs4)c(=O)n3C2)cc1. The van der Waals surface area contributed by atoms with Crippen molar-refractivity contribution in [3.63, 3.8) is 0 Å². The molecule has 0 atom stereocenters. The van der Waals surface area contributed by atoms with Gasteiger partial charge in [-0.1, -0.05) is 17.4 Å². The number of thiophene rings is 1. The maximum atomic E-state index is 12.7. The minimum absolute atomic E-state index is 0.0118. The highest BCUT2D eigenvalue weighted by Gasteiger charge is 2.16. The molecule has 7 heteroatoms. The van der Waals surface area contributed by atoms with E-state index in [1.165, 1.54) is 11.3 Å². The van der Waals surface area contributed by atoms with E-state index in [0.29, 0.717) is 23.4 Å². The number of anilines is 1. The van der Waals surface area contributed by atoms with Crippen LogP contribution < -0.4 is 19.8 Å². The fourth-order valence-electron chi connectivity index (χ4n) is 2.68. The van der Waals surface area contributed by atoms with Crippen LogP contribution in [-0.4, -0.2) is 17.0 Å². The fourth-order valence-corrected chi connectivity index (χ4v) is 4.37. The molecule has 0 aliphatic carbocycles. The molecular formula is C18H15N3O2S2. The molecular weight excluding hydrogens is 354 g/mol. The molecule has 0 radical (unpaired) electrons. The number of hydrogen-bond acceptors (Lipinski definition) is 6. The van der Waals surface area contributed by atoms with Crippen molar-refractivity contribution >= 4 is 40.2 Å². The Morgan fingerprint density at radius 3 is 2.72 bits per heavy atom. The first-order valence-electron chi connectivity index (χ1n) is 7.77. The van der Waals surface area contributed by atoms with E-state index in [4.69, 9.17) is 0 Å². The number of rotatable bonds is 3. The quantitative estimate of drug-likeness (QED) is 0.664. The summed E-state index contributed by atoms with van der Waals surface area (Å²) in [7, 11) is 0. The van der Waals surface area contributed by atoms with Crippen molar-refractivity contribution in [2.75, 3.05) is 11.6 Å². The summed E-state index contributed by atoms with van der Waals surface area (Å²) < 4.78 is 2.40. The standard InChI is InChI=1S/C18H15N3O2S2/c1-12(22)13-4-6-14(7-5-13)20-10-19-18-21(11-20)17(23)16(25-18)9-15-3-2-8-24-15/h2-9H,10-11H2,1H3. The average molecular weight is 369 g/mol. The molecule has 5 nitrogen and oxygen atoms in total. The molecule has 2 aromatic heterocycles. The van der Waals surface area contributed by atoms with Gasteiger partial charge < -0.3 is 4.90 Å². The van der Waals surface area contributed by atoms with Gasteiger partial charge in [-0.2, -0.15) is 0 Å². The van der Waals surface area contributed by atoms with Gasteiger partial charge in [-0.05, 0) is 48.7 Å². The van der Waals surface area contributed by atoms with E-state index < -0.39 is 0 Å². The van der Waals surface area contributed by atoms with Crippen molar-refractivity contribution < 1.29 is 4.79 Å². The summed E-state index contributed by atoms with van der Waals surface area (Å²) in [5.74, 6) is 0.0416. The van der Waals surface area contributed by atoms with Crippen LogP contribution in [0.4, 0.5) is 5.69 Å². The predicted molar refractivity (Wildman–Crippen MR) is 101 cm³/mol. The number of thiazole rings is 1. The predicted octanol–water partition coefficient (Wildman–Crippen LogP) is 2.06. The van der Waals surface area contributed by atoms with Crippen molar-refractivity contribution in [2.24, 2.45) is 4.99 Å². The lowest BCUT2D eigenvalue weighted by atomic mass is 10.1. The molecule has 4 rings (SSSR count). The number of carbonyl (C=O) groups excluding carboxylic acids is 1. The van der Waals surface area contributed by atoms with Crippen molar-refractivity contribution in [2.45, 2.75) is 13.6 Å². The maximum Gasteiger partial charge on any atom is 0.271 e. The number of benzene rings is 1. The van der Waals surface area contributed by atoms with E-state index in [2.05, 4.69) is 4.99 Å². The third kappa shape index (κ3) is 3.08. The van der Waals surface area contributed by atoms with E-state index in [9.17, 15) is 9.59 Å². The van der Waals surface area contributed by atoms with Crippen LogP contribution in [0.3, 0.4) is 0 Å². The smallest absolute Gasteiger partial charge is 0.271 e. The fraction of sp³-hybridized carbons (Fsp3) is 0.167. The van der Waals surface area contributed by atoms with Gasteiger partial charge in [0.1, 0.15) is 13.3 Å². The van der Waals surface area contributed by atoms with Crippen molar-refractivity contribution in [1.29, 1.82) is 0 Å². The molecule has 3 heterocycles. The lowest BCUT2D eigenvalue weighted by molar-refractivity contribution is 0.101. The zero-order valence-electron chi connectivity index (χ0n) is 13.5. The highest BCUT2D eigenvalue weighted by atomic mass is 32.1. The third-order valence-corrected chi connectivity index (χ3v) is 5.90. The normalized spacial score (nSPS) is 14.3. The largest absolute Gasteiger partial charge is 0.334 e. The Kier molecular flexibility index (Phi) is 4.10. The average Bonchev–Trinajstić information content (AvgIpc) is 3.24. The molecule has 1 aliphatic heterocycles. The Morgan fingerprint density at radius 2 is 2.04 bits per heavy atom. The second-order valence-electron chi connectivity index (χ2n) is 5.73. The molecule has 126 valence electrons. The van der Waals surface area contributed by atoms with E-state index in [0.717, 1.165) is 15.4 Å². The summed E-state index contributed by atoms with van der Waals surface area (Å²) in [5, 5.41) is 1.99. The van der Waals surface area contributed by atoms with Gasteiger partial charge in [0.05, 0.1) is 4.53 Å². The van der Waals surface area contributed by atoms with Gasteiger partial charge >= 0.3 is 0 Å². The molecule has 0 unspecified atom stereocenters. The summed E-state index contributed by atoms with van der Waals surface area (Å²) in [4.78, 5) is 32.4. The van der Waals surface area contributed by atoms with Crippen LogP contribution in [0.2, 0.25) is 0 Å². The van der Waals surface area contributed by atoms with Gasteiger partial charge in [-0.15, -0.1) is 11.3 Å². The zero-order chi connectivity index (χ0) is 17.4. The van der Waals surface area contributed by atoms with Crippen molar-refractivity contribution in [3.05, 3.63) is 71.9 Å². The number of nitrogens with zero attached hydrogens (tertiary/aromatic N) is 3. The molecule has 0 N–H and O–H groups in total. The number of Topliss-reactive ketones (excluding diaryl/α,β-unsaturated/α-hetero) is 1. The Labute approximate surface area is 151 Å². The molecule has 1 aliphatic rings. The van der Waals surface area contributed by atoms with Gasteiger partial charge in [0.25, 0.3) is 5.56 Å². The van der Waals surface area contributed by atoms with Crippen LogP contribution >= 0.6 is 22.7 Å². The molecule has 0 saturated carbocycles. The number of carbonyl (C=O) groups is 1. The van der Waals surface area contributed by atoms with Crippen molar-refractivity contribution in [3.8, 4) is 0 Å². The first kappa shape index (κ1) is 16.0. The van der Waals surface area contributed by atoms with E-state index in [1.54, 1.807) is 35.0 Å². The van der Waals surface area contributed by atoms with Crippen molar-refractivity contribution in [1.82, 2.24) is 4.57 Å². The van der Waals surface area contributed by atoms with E-state index in [1.807, 2.05) is 40.6 Å². The summed E-state index contributed by atoms with van der Waals surface area (Å²) >= 11 is 3.04. The molecule has 1 aromatic carbocycles. The summed E-state index contributed by atoms with van der Waals surface area (Å²) in [6, 6.07) is 11.4. The van der Waals surface area contributed by atoms with E-state index >= 15 is 0 Å². The first-order valence-corrected chi connectivity index (χ1v) is 9.47. The van der Waals surface area contributed by atoms with Crippen LogP contribution in [0.5, 0.6) is 0 Å². The lowest BCUT2D eigenvalue weighted by Crippen LogP contribution is -2.42. The maximum absolute atomic E-state index is 12.7. The highest BCUT2D eigenvalue weighted by molar-refractivity contribution is 7.11. The minimum atomic E-state index is -0.0118. The van der Waals surface area contributed by atoms with Crippen LogP contribution in [0.1, 0.15) is 22.2 Å². The molecule has 0 amide bonds. The summed E-state index contributed by atoms with van der Waals surface area (Å²) in [6.07, 6.45) is 1.92. The van der Waals surface area contributed by atoms with Gasteiger partial charge in [-0.25, -0.2) is 4.99 Å². The summed E-state index contributed by atoms with van der Waals surface area (Å²) in [5.41, 5.74) is 1.61. The molecule has 25 heavy (non-hydrogen) atoms. The Hall–Kier alpha value is -2.51. The van der Waals surface area contributed by atoms with Crippen LogP contribution in [0.15, 0.2) is 51.6 Å². The van der Waals surface area contributed by atoms with Gasteiger partial charge in [0, 0.05) is 16.1 Å². The Morgan fingerprint density at radius 1 is 1.24 bits per heavy atom. The second kappa shape index (κ2) is 6.42. The lowest BCUT2D eigenvalue weighted by Gasteiger charge is -2.25. The first-order chi connectivity index (χ1) is 12.1. The van der Waals surface area contributed by atoms with Crippen LogP contribution in [0.25, 0.3) is 6.08 Å². The topological polar surface area (TPSA) is 54.7 Å². The number of aromatic nitrogens is 1. The van der Waals surface area contributed by atoms with Gasteiger partial charge in [-0.3, -0.25) is 14.2 Å². The van der Waals surface area contributed by atoms with Crippen LogP contribution in [0, 0.1) is 0 Å². The highest BCUT2D eigenvalue weighted by Crippen LogP contribution is 2.17. The molecule has 0 bridgehead atoms. The zero-order valence-corrected chi connectivity index (χ0v) is 15.1. The molecule has 0 fully saturated rings. The number of ketones is 1. The number of fused-ring (bicyclic) bond motifs is 1. The summed E-state index contributed by atoms with van der Waals surface area (Å²) in [6.45, 7) is 2.51. The Balaban J connectivity index is 1.67. The monoisotopic (exact) mass is 369 g/mol. The third-order valence-electron chi connectivity index (χ3n) is 4.03. The minimum Gasteiger partial charge on any atom is -0.334 e. The molecule has 0 saturated heterocycles. The second-order valence-corrected chi connectivity index (χ2v) is 7.71.